The van der Waals surface area contributed by atoms with Crippen LogP contribution in [-0.2, 0) is 6.42 Å². The van der Waals surface area contributed by atoms with Crippen LogP contribution < -0.4 is 5.73 Å². The Kier molecular flexibility index (Phi) is 4.31. The summed E-state index contributed by atoms with van der Waals surface area (Å²) in [5.41, 5.74) is 8.76. The van der Waals surface area contributed by atoms with Crippen LogP contribution in [0.3, 0.4) is 0 Å². The number of nitriles is 1. The molecule has 2 aromatic rings. The summed E-state index contributed by atoms with van der Waals surface area (Å²) < 4.78 is 0. The number of carbonyl (C=O) groups is 1. The lowest BCUT2D eigenvalue weighted by atomic mass is 10.1. The minimum atomic E-state index is -0.423. The Balaban J connectivity index is 2.08. The van der Waals surface area contributed by atoms with Crippen LogP contribution in [0.5, 0.6) is 0 Å². The number of nitrogens with zero attached hydrogens (tertiary/aromatic N) is 1. The first kappa shape index (κ1) is 13.6. The summed E-state index contributed by atoms with van der Waals surface area (Å²) in [5.74, 6) is -0.423. The van der Waals surface area contributed by atoms with Gasteiger partial charge in [0.05, 0.1) is 12.5 Å². The van der Waals surface area contributed by atoms with Gasteiger partial charge in [0.1, 0.15) is 0 Å². The van der Waals surface area contributed by atoms with Gasteiger partial charge in [0.15, 0.2) is 0 Å². The molecule has 2 N–H and O–H groups in total. The van der Waals surface area contributed by atoms with Crippen molar-refractivity contribution in [2.75, 3.05) is 0 Å². The van der Waals surface area contributed by atoms with Crippen LogP contribution in [0.4, 0.5) is 0 Å². The third-order valence-corrected chi connectivity index (χ3v) is 2.93. The van der Waals surface area contributed by atoms with Gasteiger partial charge in [-0.2, -0.15) is 5.26 Å². The highest BCUT2D eigenvalue weighted by Crippen LogP contribution is 2.11. The van der Waals surface area contributed by atoms with E-state index in [0.717, 1.165) is 16.7 Å². The number of rotatable bonds is 4. The summed E-state index contributed by atoms with van der Waals surface area (Å²) in [7, 11) is 0. The molecular weight excluding hydrogens is 248 g/mol. The van der Waals surface area contributed by atoms with Crippen LogP contribution in [0.1, 0.15) is 27.0 Å². The lowest BCUT2D eigenvalue weighted by Gasteiger charge is -1.98. The monoisotopic (exact) mass is 262 g/mol. The Morgan fingerprint density at radius 3 is 1.95 bits per heavy atom. The highest BCUT2D eigenvalue weighted by molar-refractivity contribution is 5.93. The second-order valence-electron chi connectivity index (χ2n) is 4.40. The maximum absolute atomic E-state index is 11.0. The van der Waals surface area contributed by atoms with Crippen molar-refractivity contribution in [3.63, 3.8) is 0 Å². The SMILES string of the molecule is N#CCc1ccc(/C=C/c2ccc(C(N)=O)cc2)cc1. The zero-order valence-electron chi connectivity index (χ0n) is 10.9. The molecule has 0 unspecified atom stereocenters. The van der Waals surface area contributed by atoms with Gasteiger partial charge in [0.25, 0.3) is 0 Å². The third-order valence-electron chi connectivity index (χ3n) is 2.93. The van der Waals surface area contributed by atoms with E-state index in [4.69, 9.17) is 11.0 Å². The largest absolute Gasteiger partial charge is 0.366 e. The Labute approximate surface area is 118 Å². The Morgan fingerprint density at radius 1 is 1.00 bits per heavy atom. The van der Waals surface area contributed by atoms with Crippen LogP contribution >= 0.6 is 0 Å². The minimum Gasteiger partial charge on any atom is -0.366 e. The molecule has 0 saturated heterocycles. The normalized spacial score (nSPS) is 10.3. The molecule has 0 aliphatic heterocycles. The van der Waals surface area contributed by atoms with Crippen molar-refractivity contribution in [1.29, 1.82) is 5.26 Å². The molecule has 0 spiro atoms. The first-order chi connectivity index (χ1) is 9.69. The van der Waals surface area contributed by atoms with E-state index < -0.39 is 5.91 Å². The van der Waals surface area contributed by atoms with E-state index in [2.05, 4.69) is 6.07 Å². The van der Waals surface area contributed by atoms with Crippen LogP contribution in [0.15, 0.2) is 48.5 Å². The molecule has 3 nitrogen and oxygen atoms in total. The van der Waals surface area contributed by atoms with Crippen molar-refractivity contribution in [1.82, 2.24) is 0 Å². The second kappa shape index (κ2) is 6.35. The number of nitrogens with two attached hydrogens (primary N) is 1. The summed E-state index contributed by atoms with van der Waals surface area (Å²) in [6.45, 7) is 0. The summed E-state index contributed by atoms with van der Waals surface area (Å²) in [6, 6.07) is 17.1. The van der Waals surface area contributed by atoms with Gasteiger partial charge < -0.3 is 5.73 Å². The first-order valence-electron chi connectivity index (χ1n) is 6.23. The van der Waals surface area contributed by atoms with E-state index in [9.17, 15) is 4.79 Å². The van der Waals surface area contributed by atoms with Gasteiger partial charge in [-0.1, -0.05) is 48.6 Å². The lowest BCUT2D eigenvalue weighted by Crippen LogP contribution is -2.10. The number of amides is 1. The second-order valence-corrected chi connectivity index (χ2v) is 4.40. The highest BCUT2D eigenvalue weighted by atomic mass is 16.1. The molecule has 0 bridgehead atoms. The Hall–Kier alpha value is -2.86. The number of carbonyl (C=O) groups excluding carboxylic acids is 1. The maximum atomic E-state index is 11.0. The lowest BCUT2D eigenvalue weighted by molar-refractivity contribution is 0.100. The van der Waals surface area contributed by atoms with Crippen LogP contribution in [0.2, 0.25) is 0 Å². The van der Waals surface area contributed by atoms with Crippen molar-refractivity contribution < 1.29 is 4.79 Å². The molecule has 20 heavy (non-hydrogen) atoms. The van der Waals surface area contributed by atoms with Crippen molar-refractivity contribution in [3.05, 3.63) is 70.8 Å². The van der Waals surface area contributed by atoms with E-state index >= 15 is 0 Å². The molecule has 0 radical (unpaired) electrons. The van der Waals surface area contributed by atoms with Gasteiger partial charge in [0, 0.05) is 5.56 Å². The van der Waals surface area contributed by atoms with Gasteiger partial charge in [-0.3, -0.25) is 4.79 Å². The molecule has 2 rings (SSSR count). The number of hydrogen-bond acceptors (Lipinski definition) is 2. The fourth-order valence-corrected chi connectivity index (χ4v) is 1.79. The molecule has 98 valence electrons. The average Bonchev–Trinajstić information content (AvgIpc) is 2.47. The number of hydrogen-bond donors (Lipinski definition) is 1. The molecule has 3 heteroatoms. The van der Waals surface area contributed by atoms with E-state index in [1.165, 1.54) is 0 Å². The molecule has 0 saturated carbocycles. The molecule has 0 aromatic heterocycles. The van der Waals surface area contributed by atoms with Crippen molar-refractivity contribution in [2.24, 2.45) is 5.73 Å². The van der Waals surface area contributed by atoms with E-state index in [1.54, 1.807) is 12.1 Å². The van der Waals surface area contributed by atoms with Crippen molar-refractivity contribution in [3.8, 4) is 6.07 Å². The fraction of sp³-hybridized carbons (Fsp3) is 0.0588. The van der Waals surface area contributed by atoms with Crippen LogP contribution in [-0.4, -0.2) is 5.91 Å². The topological polar surface area (TPSA) is 66.9 Å². The summed E-state index contributed by atoms with van der Waals surface area (Å²) >= 11 is 0. The molecule has 0 aliphatic rings. The zero-order chi connectivity index (χ0) is 14.4. The third kappa shape index (κ3) is 3.56. The predicted octanol–water partition coefficient (Wildman–Crippen LogP) is 3.02. The van der Waals surface area contributed by atoms with Gasteiger partial charge in [0.2, 0.25) is 5.91 Å². The quantitative estimate of drug-likeness (QED) is 0.860. The molecular formula is C17H14N2O. The zero-order valence-corrected chi connectivity index (χ0v) is 10.9. The average molecular weight is 262 g/mol. The van der Waals surface area contributed by atoms with Crippen molar-refractivity contribution >= 4 is 18.1 Å². The Morgan fingerprint density at radius 2 is 1.50 bits per heavy atom. The minimum absolute atomic E-state index is 0.423. The molecule has 2 aromatic carbocycles. The van der Waals surface area contributed by atoms with Gasteiger partial charge in [-0.25, -0.2) is 0 Å². The van der Waals surface area contributed by atoms with Crippen LogP contribution in [0.25, 0.3) is 12.2 Å². The van der Waals surface area contributed by atoms with Crippen LogP contribution in [0, 0.1) is 11.3 Å². The predicted molar refractivity (Wildman–Crippen MR) is 79.6 cm³/mol. The summed E-state index contributed by atoms with van der Waals surface area (Å²) in [4.78, 5) is 11.0. The smallest absolute Gasteiger partial charge is 0.248 e. The van der Waals surface area contributed by atoms with Crippen molar-refractivity contribution in [2.45, 2.75) is 6.42 Å². The van der Waals surface area contributed by atoms with E-state index in [1.807, 2.05) is 48.6 Å². The maximum Gasteiger partial charge on any atom is 0.248 e. The van der Waals surface area contributed by atoms with Gasteiger partial charge in [-0.15, -0.1) is 0 Å². The molecule has 0 fully saturated rings. The molecule has 0 heterocycles. The molecule has 0 aliphatic carbocycles. The fourth-order valence-electron chi connectivity index (χ4n) is 1.79. The summed E-state index contributed by atoms with van der Waals surface area (Å²) in [5, 5.41) is 8.61. The standard InChI is InChI=1S/C17H14N2O/c18-12-11-15-5-3-13(4-6-15)1-2-14-7-9-16(10-8-14)17(19)20/h1-10H,11H2,(H2,19,20)/b2-1+. The van der Waals surface area contributed by atoms with E-state index in [0.29, 0.717) is 12.0 Å². The van der Waals surface area contributed by atoms with Gasteiger partial charge >= 0.3 is 0 Å². The molecule has 1 amide bonds. The van der Waals surface area contributed by atoms with Gasteiger partial charge in [-0.05, 0) is 28.8 Å². The van der Waals surface area contributed by atoms with E-state index in [-0.39, 0.29) is 0 Å². The number of primary amides is 1. The highest BCUT2D eigenvalue weighted by Gasteiger charge is 1.97. The summed E-state index contributed by atoms with van der Waals surface area (Å²) in [6.07, 6.45) is 4.37. The first-order valence-corrected chi connectivity index (χ1v) is 6.23. The Bertz CT molecular complexity index is 662. The molecule has 0 atom stereocenters. The number of benzene rings is 2.